The lowest BCUT2D eigenvalue weighted by Gasteiger charge is -2.33. The fourth-order valence-corrected chi connectivity index (χ4v) is 1.91. The zero-order valence-electron chi connectivity index (χ0n) is 8.63. The molecule has 1 unspecified atom stereocenters. The molecule has 0 N–H and O–H groups in total. The lowest BCUT2D eigenvalue weighted by molar-refractivity contribution is -0.138. The van der Waals surface area contributed by atoms with Crippen molar-refractivity contribution in [2.45, 2.75) is 25.4 Å². The number of carbonyl (C=O) groups is 1. The van der Waals surface area contributed by atoms with Gasteiger partial charge < -0.3 is 4.74 Å². The van der Waals surface area contributed by atoms with Crippen LogP contribution in [-0.2, 0) is 15.1 Å². The molecule has 80 valence electrons. The molecule has 0 aliphatic carbocycles. The summed E-state index contributed by atoms with van der Waals surface area (Å²) < 4.78 is 18.6. The molecule has 1 heterocycles. The van der Waals surface area contributed by atoms with Crippen LogP contribution in [0, 0.1) is 5.82 Å². The Morgan fingerprint density at radius 2 is 2.27 bits per heavy atom. The number of benzene rings is 1. The largest absolute Gasteiger partial charge is 0.370 e. The molecule has 0 spiro atoms. The number of ether oxygens (including phenoxy) is 1. The van der Waals surface area contributed by atoms with E-state index in [0.29, 0.717) is 19.4 Å². The number of ketones is 1. The van der Waals surface area contributed by atoms with Gasteiger partial charge in [0.1, 0.15) is 11.6 Å². The Balaban J connectivity index is 2.32. The van der Waals surface area contributed by atoms with E-state index in [9.17, 15) is 9.18 Å². The highest BCUT2D eigenvalue weighted by Crippen LogP contribution is 2.33. The van der Waals surface area contributed by atoms with Crippen LogP contribution in [-0.4, -0.2) is 12.4 Å². The molecule has 1 saturated heterocycles. The Kier molecular flexibility index (Phi) is 2.57. The van der Waals surface area contributed by atoms with Crippen molar-refractivity contribution in [3.8, 4) is 0 Å². The lowest BCUT2D eigenvalue weighted by atomic mass is 9.88. The van der Waals surface area contributed by atoms with E-state index in [1.165, 1.54) is 12.1 Å². The van der Waals surface area contributed by atoms with E-state index in [-0.39, 0.29) is 11.6 Å². The second-order valence-corrected chi connectivity index (χ2v) is 4.06. The van der Waals surface area contributed by atoms with Gasteiger partial charge in [-0.05, 0) is 24.6 Å². The Hall–Kier alpha value is -1.22. The molecular weight excluding hydrogens is 195 g/mol. The first kappa shape index (κ1) is 10.3. The van der Waals surface area contributed by atoms with Crippen molar-refractivity contribution in [3.63, 3.8) is 0 Å². The van der Waals surface area contributed by atoms with Gasteiger partial charge in [0, 0.05) is 12.8 Å². The van der Waals surface area contributed by atoms with Gasteiger partial charge in [-0.2, -0.15) is 0 Å². The molecule has 1 fully saturated rings. The molecule has 2 nitrogen and oxygen atoms in total. The molecule has 2 rings (SSSR count). The summed E-state index contributed by atoms with van der Waals surface area (Å²) in [5.74, 6) is -0.122. The van der Waals surface area contributed by atoms with E-state index in [4.69, 9.17) is 4.74 Å². The summed E-state index contributed by atoms with van der Waals surface area (Å²) in [7, 11) is 0. The highest BCUT2D eigenvalue weighted by molar-refractivity contribution is 5.80. The first-order valence-electron chi connectivity index (χ1n) is 5.02. The molecule has 1 aromatic rings. The molecule has 0 bridgehead atoms. The normalized spacial score (nSPS) is 26.7. The minimum Gasteiger partial charge on any atom is -0.370 e. The van der Waals surface area contributed by atoms with Gasteiger partial charge in [0.15, 0.2) is 0 Å². The fourth-order valence-electron chi connectivity index (χ4n) is 1.91. The van der Waals surface area contributed by atoms with Crippen molar-refractivity contribution in [1.29, 1.82) is 0 Å². The molecule has 0 radical (unpaired) electrons. The van der Waals surface area contributed by atoms with E-state index in [1.54, 1.807) is 12.1 Å². The molecule has 0 aromatic heterocycles. The Morgan fingerprint density at radius 3 is 2.93 bits per heavy atom. The standard InChI is InChI=1S/C12H13FO2/c1-12(8-11(14)5-6-15-12)9-3-2-4-10(13)7-9/h2-4,7H,5-6,8H2,1H3. The third kappa shape index (κ3) is 2.07. The molecule has 1 aromatic carbocycles. The van der Waals surface area contributed by atoms with Crippen molar-refractivity contribution in [1.82, 2.24) is 0 Å². The van der Waals surface area contributed by atoms with Crippen molar-refractivity contribution >= 4 is 5.78 Å². The van der Waals surface area contributed by atoms with Gasteiger partial charge in [0.05, 0.1) is 12.2 Å². The van der Waals surface area contributed by atoms with Crippen LogP contribution >= 0.6 is 0 Å². The van der Waals surface area contributed by atoms with Crippen LogP contribution in [0.1, 0.15) is 25.3 Å². The van der Waals surface area contributed by atoms with Gasteiger partial charge >= 0.3 is 0 Å². The lowest BCUT2D eigenvalue weighted by Crippen LogP contribution is -2.34. The Morgan fingerprint density at radius 1 is 1.47 bits per heavy atom. The monoisotopic (exact) mass is 208 g/mol. The van der Waals surface area contributed by atoms with E-state index >= 15 is 0 Å². The van der Waals surface area contributed by atoms with E-state index < -0.39 is 5.60 Å². The number of Topliss-reactive ketones (excluding diaryl/α,β-unsaturated/α-hetero) is 1. The maximum Gasteiger partial charge on any atom is 0.138 e. The van der Waals surface area contributed by atoms with Crippen LogP contribution < -0.4 is 0 Å². The number of hydrogen-bond donors (Lipinski definition) is 0. The first-order chi connectivity index (χ1) is 7.10. The maximum atomic E-state index is 13.0. The molecule has 1 aliphatic heterocycles. The van der Waals surface area contributed by atoms with Crippen molar-refractivity contribution in [2.24, 2.45) is 0 Å². The SMILES string of the molecule is CC1(c2cccc(F)c2)CC(=O)CCO1. The molecule has 0 saturated carbocycles. The van der Waals surface area contributed by atoms with Crippen molar-refractivity contribution in [3.05, 3.63) is 35.6 Å². The van der Waals surface area contributed by atoms with Gasteiger partial charge in [-0.3, -0.25) is 4.79 Å². The number of carbonyl (C=O) groups excluding carboxylic acids is 1. The minimum absolute atomic E-state index is 0.174. The number of rotatable bonds is 1. The Bertz CT molecular complexity index is 389. The predicted octanol–water partition coefficient (Wildman–Crippen LogP) is 2.42. The van der Waals surface area contributed by atoms with E-state index in [1.807, 2.05) is 6.92 Å². The Labute approximate surface area is 88.1 Å². The number of halogens is 1. The van der Waals surface area contributed by atoms with Crippen LogP contribution in [0.5, 0.6) is 0 Å². The average molecular weight is 208 g/mol. The highest BCUT2D eigenvalue weighted by atomic mass is 19.1. The quantitative estimate of drug-likeness (QED) is 0.708. The summed E-state index contributed by atoms with van der Waals surface area (Å²) in [5.41, 5.74) is 0.0767. The van der Waals surface area contributed by atoms with Crippen molar-refractivity contribution in [2.75, 3.05) is 6.61 Å². The topological polar surface area (TPSA) is 26.3 Å². The first-order valence-corrected chi connectivity index (χ1v) is 5.02. The van der Waals surface area contributed by atoms with E-state index in [0.717, 1.165) is 5.56 Å². The summed E-state index contributed by atoms with van der Waals surface area (Å²) in [6, 6.07) is 6.25. The van der Waals surface area contributed by atoms with E-state index in [2.05, 4.69) is 0 Å². The summed E-state index contributed by atoms with van der Waals surface area (Å²) in [6.07, 6.45) is 0.793. The average Bonchev–Trinajstić information content (AvgIpc) is 2.17. The fraction of sp³-hybridized carbons (Fsp3) is 0.417. The summed E-state index contributed by atoms with van der Waals surface area (Å²) in [6.45, 7) is 2.25. The van der Waals surface area contributed by atoms with Crippen molar-refractivity contribution < 1.29 is 13.9 Å². The van der Waals surface area contributed by atoms with Crippen LogP contribution in [0.2, 0.25) is 0 Å². The zero-order chi connectivity index (χ0) is 10.9. The molecule has 1 atom stereocenters. The van der Waals surface area contributed by atoms with Gasteiger partial charge in [0.25, 0.3) is 0 Å². The predicted molar refractivity (Wildman–Crippen MR) is 53.9 cm³/mol. The zero-order valence-corrected chi connectivity index (χ0v) is 8.63. The summed E-state index contributed by atoms with van der Waals surface area (Å²) in [4.78, 5) is 11.4. The molecule has 0 amide bonds. The minimum atomic E-state index is -0.655. The number of hydrogen-bond acceptors (Lipinski definition) is 2. The van der Waals surface area contributed by atoms with Gasteiger partial charge in [-0.25, -0.2) is 4.39 Å². The third-order valence-corrected chi connectivity index (χ3v) is 2.77. The van der Waals surface area contributed by atoms with Gasteiger partial charge in [-0.1, -0.05) is 12.1 Å². The summed E-state index contributed by atoms with van der Waals surface area (Å²) >= 11 is 0. The van der Waals surface area contributed by atoms with Crippen LogP contribution in [0.3, 0.4) is 0 Å². The van der Waals surface area contributed by atoms with Crippen LogP contribution in [0.15, 0.2) is 24.3 Å². The van der Waals surface area contributed by atoms with Crippen LogP contribution in [0.25, 0.3) is 0 Å². The van der Waals surface area contributed by atoms with Gasteiger partial charge in [0.2, 0.25) is 0 Å². The second-order valence-electron chi connectivity index (χ2n) is 4.06. The second kappa shape index (κ2) is 3.74. The molecule has 15 heavy (non-hydrogen) atoms. The third-order valence-electron chi connectivity index (χ3n) is 2.77. The maximum absolute atomic E-state index is 13.0. The molecule has 1 aliphatic rings. The van der Waals surface area contributed by atoms with Crippen LogP contribution in [0.4, 0.5) is 4.39 Å². The molecule has 3 heteroatoms. The summed E-state index contributed by atoms with van der Waals surface area (Å²) in [5, 5.41) is 0. The van der Waals surface area contributed by atoms with Gasteiger partial charge in [-0.15, -0.1) is 0 Å². The molecular formula is C12H13FO2. The highest BCUT2D eigenvalue weighted by Gasteiger charge is 2.34. The smallest absolute Gasteiger partial charge is 0.138 e.